The zero-order valence-corrected chi connectivity index (χ0v) is 25.2. The average Bonchev–Trinajstić information content (AvgIpc) is 3.53. The molecule has 0 bridgehead atoms. The standard InChI is InChI=1S/C43H25N3O/c1-2-10-28(11-3-1)41-44-42(46-43(45-41)31-22-19-26-9-4-5-12-30(26)23-31)29-20-17-27(18-21-29)32-24-36-34-14-7-6-13-33(34)35-15-8-16-37-39(35)40(36)38(25-32)47-37/h1-25H. The van der Waals surface area contributed by atoms with Crippen LogP contribution in [-0.4, -0.2) is 15.0 Å². The van der Waals surface area contributed by atoms with Crippen LogP contribution in [0.1, 0.15) is 0 Å². The maximum Gasteiger partial charge on any atom is 0.164 e. The average molecular weight is 600 g/mol. The van der Waals surface area contributed by atoms with Crippen LogP contribution in [0, 0.1) is 0 Å². The van der Waals surface area contributed by atoms with E-state index >= 15 is 0 Å². The van der Waals surface area contributed by atoms with E-state index in [0.29, 0.717) is 17.5 Å². The minimum absolute atomic E-state index is 0.637. The van der Waals surface area contributed by atoms with Crippen LogP contribution in [0.15, 0.2) is 156 Å². The summed E-state index contributed by atoms with van der Waals surface area (Å²) in [4.78, 5) is 14.9. The van der Waals surface area contributed by atoms with Crippen molar-refractivity contribution in [2.45, 2.75) is 0 Å². The van der Waals surface area contributed by atoms with Crippen LogP contribution < -0.4 is 0 Å². The Kier molecular flexibility index (Phi) is 5.54. The van der Waals surface area contributed by atoms with E-state index in [0.717, 1.165) is 44.4 Å². The van der Waals surface area contributed by atoms with Crippen LogP contribution in [0.2, 0.25) is 0 Å². The van der Waals surface area contributed by atoms with Crippen LogP contribution in [-0.2, 0) is 0 Å². The van der Waals surface area contributed by atoms with Gasteiger partial charge in [0.1, 0.15) is 11.2 Å². The van der Waals surface area contributed by atoms with E-state index in [1.807, 2.05) is 30.3 Å². The predicted molar refractivity (Wildman–Crippen MR) is 193 cm³/mol. The van der Waals surface area contributed by atoms with Gasteiger partial charge in [-0.2, -0.15) is 0 Å². The van der Waals surface area contributed by atoms with Gasteiger partial charge in [-0.05, 0) is 67.7 Å². The Morgan fingerprint density at radius 2 is 0.894 bits per heavy atom. The summed E-state index contributed by atoms with van der Waals surface area (Å²) in [5.41, 5.74) is 6.87. The summed E-state index contributed by atoms with van der Waals surface area (Å²) in [6, 6.07) is 52.7. The van der Waals surface area contributed by atoms with Crippen LogP contribution >= 0.6 is 0 Å². The molecule has 2 aromatic heterocycles. The maximum atomic E-state index is 6.45. The first-order valence-corrected chi connectivity index (χ1v) is 15.8. The van der Waals surface area contributed by atoms with Gasteiger partial charge in [-0.1, -0.05) is 127 Å². The molecule has 10 aromatic rings. The molecule has 0 saturated carbocycles. The molecular weight excluding hydrogens is 574 g/mol. The Balaban J connectivity index is 1.11. The fraction of sp³-hybridized carbons (Fsp3) is 0. The molecule has 0 N–H and O–H groups in total. The van der Waals surface area contributed by atoms with Crippen molar-refractivity contribution in [3.05, 3.63) is 152 Å². The molecule has 0 aliphatic rings. The Labute approximate surface area is 270 Å². The number of hydrogen-bond acceptors (Lipinski definition) is 4. The molecule has 218 valence electrons. The molecule has 4 heteroatoms. The highest BCUT2D eigenvalue weighted by Gasteiger charge is 2.19. The van der Waals surface area contributed by atoms with Crippen molar-refractivity contribution in [3.8, 4) is 45.3 Å². The number of nitrogens with zero attached hydrogens (tertiary/aromatic N) is 3. The molecule has 0 atom stereocenters. The number of aromatic nitrogens is 3. The van der Waals surface area contributed by atoms with Crippen LogP contribution in [0.25, 0.3) is 99.5 Å². The Bertz CT molecular complexity index is 2780. The third kappa shape index (κ3) is 4.12. The molecule has 0 unspecified atom stereocenters. The van der Waals surface area contributed by atoms with E-state index in [2.05, 4.69) is 121 Å². The van der Waals surface area contributed by atoms with E-state index in [-0.39, 0.29) is 0 Å². The van der Waals surface area contributed by atoms with Gasteiger partial charge in [0.25, 0.3) is 0 Å². The van der Waals surface area contributed by atoms with Crippen molar-refractivity contribution in [2.24, 2.45) is 0 Å². The molecule has 0 aliphatic heterocycles. The van der Waals surface area contributed by atoms with E-state index in [9.17, 15) is 0 Å². The van der Waals surface area contributed by atoms with Crippen LogP contribution in [0.3, 0.4) is 0 Å². The fourth-order valence-electron chi connectivity index (χ4n) is 6.99. The van der Waals surface area contributed by atoms with Gasteiger partial charge in [-0.3, -0.25) is 0 Å². The van der Waals surface area contributed by atoms with Gasteiger partial charge in [0.15, 0.2) is 17.5 Å². The molecular formula is C43H25N3O. The van der Waals surface area contributed by atoms with E-state index in [1.165, 1.54) is 37.7 Å². The summed E-state index contributed by atoms with van der Waals surface area (Å²) < 4.78 is 6.45. The number of furan rings is 1. The third-order valence-corrected chi connectivity index (χ3v) is 9.26. The second-order valence-corrected chi connectivity index (χ2v) is 12.0. The summed E-state index contributed by atoms with van der Waals surface area (Å²) in [5, 5.41) is 9.64. The van der Waals surface area contributed by atoms with Gasteiger partial charge in [-0.25, -0.2) is 15.0 Å². The second kappa shape index (κ2) is 10.1. The highest BCUT2D eigenvalue weighted by molar-refractivity contribution is 6.33. The zero-order valence-electron chi connectivity index (χ0n) is 25.2. The lowest BCUT2D eigenvalue weighted by atomic mass is 9.92. The number of benzene rings is 8. The predicted octanol–water partition coefficient (Wildman–Crippen LogP) is 11.3. The summed E-state index contributed by atoms with van der Waals surface area (Å²) in [5.74, 6) is 1.93. The fourth-order valence-corrected chi connectivity index (χ4v) is 6.99. The molecule has 0 saturated heterocycles. The first-order valence-electron chi connectivity index (χ1n) is 15.8. The number of hydrogen-bond donors (Lipinski definition) is 0. The quantitative estimate of drug-likeness (QED) is 0.189. The Morgan fingerprint density at radius 3 is 1.68 bits per heavy atom. The van der Waals surface area contributed by atoms with Gasteiger partial charge in [0.2, 0.25) is 0 Å². The lowest BCUT2D eigenvalue weighted by Gasteiger charge is -2.11. The molecule has 0 spiro atoms. The summed E-state index contributed by atoms with van der Waals surface area (Å²) in [7, 11) is 0. The molecule has 47 heavy (non-hydrogen) atoms. The number of rotatable bonds is 4. The molecule has 4 nitrogen and oxygen atoms in total. The Morgan fingerprint density at radius 1 is 0.319 bits per heavy atom. The third-order valence-electron chi connectivity index (χ3n) is 9.26. The lowest BCUT2D eigenvalue weighted by molar-refractivity contribution is 0.669. The summed E-state index contributed by atoms with van der Waals surface area (Å²) in [6.07, 6.45) is 0. The minimum atomic E-state index is 0.637. The van der Waals surface area contributed by atoms with Crippen LogP contribution in [0.4, 0.5) is 0 Å². The van der Waals surface area contributed by atoms with Crippen molar-refractivity contribution in [2.75, 3.05) is 0 Å². The van der Waals surface area contributed by atoms with Gasteiger partial charge in [0.05, 0.1) is 0 Å². The zero-order chi connectivity index (χ0) is 30.9. The van der Waals surface area contributed by atoms with Gasteiger partial charge >= 0.3 is 0 Å². The summed E-state index contributed by atoms with van der Waals surface area (Å²) >= 11 is 0. The van der Waals surface area contributed by atoms with Crippen molar-refractivity contribution in [3.63, 3.8) is 0 Å². The largest absolute Gasteiger partial charge is 0.456 e. The summed E-state index contributed by atoms with van der Waals surface area (Å²) in [6.45, 7) is 0. The molecule has 0 aliphatic carbocycles. The van der Waals surface area contributed by atoms with Crippen molar-refractivity contribution in [1.82, 2.24) is 15.0 Å². The topological polar surface area (TPSA) is 51.8 Å². The Hall–Kier alpha value is -6.39. The SMILES string of the molecule is c1ccc(-c2nc(-c3ccc(-c4cc5oc6cccc7c8ccccc8c(c4)c5c67)cc3)nc(-c3ccc4ccccc4c3)n2)cc1. The first kappa shape index (κ1) is 25.9. The number of fused-ring (bicyclic) bond motifs is 4. The van der Waals surface area contributed by atoms with E-state index in [1.54, 1.807) is 0 Å². The molecule has 0 fully saturated rings. The maximum absolute atomic E-state index is 6.45. The molecule has 10 rings (SSSR count). The smallest absolute Gasteiger partial charge is 0.164 e. The molecule has 8 aromatic carbocycles. The monoisotopic (exact) mass is 599 g/mol. The highest BCUT2D eigenvalue weighted by atomic mass is 16.3. The first-order chi connectivity index (χ1) is 23.3. The normalized spacial score (nSPS) is 11.8. The van der Waals surface area contributed by atoms with Gasteiger partial charge < -0.3 is 4.42 Å². The van der Waals surface area contributed by atoms with E-state index in [4.69, 9.17) is 19.4 Å². The van der Waals surface area contributed by atoms with E-state index < -0.39 is 0 Å². The van der Waals surface area contributed by atoms with Crippen LogP contribution in [0.5, 0.6) is 0 Å². The van der Waals surface area contributed by atoms with Gasteiger partial charge in [0, 0.05) is 27.5 Å². The van der Waals surface area contributed by atoms with Crippen molar-refractivity contribution >= 4 is 54.3 Å². The van der Waals surface area contributed by atoms with Crippen molar-refractivity contribution < 1.29 is 4.42 Å². The molecule has 0 radical (unpaired) electrons. The highest BCUT2D eigenvalue weighted by Crippen LogP contribution is 2.44. The van der Waals surface area contributed by atoms with Gasteiger partial charge in [-0.15, -0.1) is 0 Å². The minimum Gasteiger partial charge on any atom is -0.456 e. The second-order valence-electron chi connectivity index (χ2n) is 12.0. The van der Waals surface area contributed by atoms with Crippen molar-refractivity contribution in [1.29, 1.82) is 0 Å². The molecule has 0 amide bonds. The lowest BCUT2D eigenvalue weighted by Crippen LogP contribution is -2.00. The molecule has 2 heterocycles.